The van der Waals surface area contributed by atoms with Crippen LogP contribution in [0.25, 0.3) is 10.9 Å². The summed E-state index contributed by atoms with van der Waals surface area (Å²) in [6.07, 6.45) is 5.17. The summed E-state index contributed by atoms with van der Waals surface area (Å²) in [5.41, 5.74) is 1.19. The fraction of sp³-hybridized carbons (Fsp3) is 0.400. The first-order valence-corrected chi connectivity index (χ1v) is 11.6. The van der Waals surface area contributed by atoms with Crippen LogP contribution in [0.15, 0.2) is 36.7 Å². The Kier molecular flexibility index (Phi) is 8.04. The lowest BCUT2D eigenvalue weighted by Gasteiger charge is -2.26. The quantitative estimate of drug-likeness (QED) is 0.471. The molecule has 10 heteroatoms. The van der Waals surface area contributed by atoms with Crippen molar-refractivity contribution in [3.63, 3.8) is 0 Å². The number of hydrogen-bond acceptors (Lipinski definition) is 8. The molecule has 0 saturated carbocycles. The Morgan fingerprint density at radius 3 is 2.43 bits per heavy atom. The molecule has 1 aliphatic heterocycles. The highest BCUT2D eigenvalue weighted by Crippen LogP contribution is 2.37. The molecule has 2 N–H and O–H groups in total. The molecule has 2 amide bonds. The Bertz CT molecular complexity index is 1170. The van der Waals surface area contributed by atoms with E-state index in [-0.39, 0.29) is 6.03 Å². The highest BCUT2D eigenvalue weighted by Gasteiger charge is 2.15. The Morgan fingerprint density at radius 1 is 0.943 bits per heavy atom. The molecule has 2 aromatic carbocycles. The van der Waals surface area contributed by atoms with Crippen LogP contribution in [0.5, 0.6) is 28.9 Å². The van der Waals surface area contributed by atoms with Gasteiger partial charge in [0.25, 0.3) is 0 Å². The molecular formula is C25H31N5O5. The maximum atomic E-state index is 12.4. The van der Waals surface area contributed by atoms with Crippen LogP contribution in [-0.4, -0.2) is 68.4 Å². The van der Waals surface area contributed by atoms with Crippen LogP contribution < -0.4 is 29.6 Å². The molecule has 0 atom stereocenters. The zero-order valence-electron chi connectivity index (χ0n) is 20.3. The number of aromatic nitrogens is 2. The van der Waals surface area contributed by atoms with E-state index >= 15 is 0 Å². The van der Waals surface area contributed by atoms with Crippen molar-refractivity contribution in [2.24, 2.45) is 0 Å². The van der Waals surface area contributed by atoms with Crippen LogP contribution in [0.4, 0.5) is 10.5 Å². The molecule has 0 spiro atoms. The van der Waals surface area contributed by atoms with Gasteiger partial charge < -0.3 is 34.5 Å². The first kappa shape index (κ1) is 24.3. The molecule has 10 nitrogen and oxygen atoms in total. The van der Waals surface area contributed by atoms with Gasteiger partial charge in [0.1, 0.15) is 17.8 Å². The predicted molar refractivity (Wildman–Crippen MR) is 133 cm³/mol. The van der Waals surface area contributed by atoms with Gasteiger partial charge in [0.15, 0.2) is 11.5 Å². The first-order valence-electron chi connectivity index (χ1n) is 11.6. The van der Waals surface area contributed by atoms with Gasteiger partial charge in [-0.15, -0.1) is 0 Å². The summed E-state index contributed by atoms with van der Waals surface area (Å²) in [7, 11) is 4.67. The second-order valence-electron chi connectivity index (χ2n) is 8.15. The summed E-state index contributed by atoms with van der Waals surface area (Å²) in [6.45, 7) is 3.63. The van der Waals surface area contributed by atoms with E-state index in [4.69, 9.17) is 18.9 Å². The summed E-state index contributed by atoms with van der Waals surface area (Å²) in [5, 5.41) is 6.42. The van der Waals surface area contributed by atoms with Gasteiger partial charge in [-0.3, -0.25) is 0 Å². The minimum Gasteiger partial charge on any atom is -0.494 e. The Hall–Kier alpha value is -3.79. The number of nitrogens with one attached hydrogen (secondary N) is 2. The van der Waals surface area contributed by atoms with Crippen LogP contribution in [0, 0.1) is 0 Å². The van der Waals surface area contributed by atoms with Crippen LogP contribution in [0.3, 0.4) is 0 Å². The minimum atomic E-state index is -0.281. The van der Waals surface area contributed by atoms with Crippen molar-refractivity contribution < 1.29 is 23.7 Å². The van der Waals surface area contributed by atoms with E-state index in [1.165, 1.54) is 32.7 Å². The molecular weight excluding hydrogens is 450 g/mol. The van der Waals surface area contributed by atoms with Crippen molar-refractivity contribution in [3.05, 3.63) is 36.7 Å². The van der Waals surface area contributed by atoms with Gasteiger partial charge in [-0.2, -0.15) is 0 Å². The number of benzene rings is 2. The normalized spacial score (nSPS) is 13.8. The average molecular weight is 482 g/mol. The van der Waals surface area contributed by atoms with Crippen molar-refractivity contribution in [3.8, 4) is 28.9 Å². The number of carbonyl (C=O) groups excluding carboxylic acids is 1. The number of fused-ring (bicyclic) bond motifs is 1. The monoisotopic (exact) mass is 481 g/mol. The van der Waals surface area contributed by atoms with Crippen molar-refractivity contribution in [2.45, 2.75) is 19.3 Å². The molecule has 0 unspecified atom stereocenters. The Balaban J connectivity index is 1.43. The van der Waals surface area contributed by atoms with Gasteiger partial charge in [-0.05, 0) is 44.1 Å². The van der Waals surface area contributed by atoms with E-state index in [1.54, 1.807) is 44.6 Å². The molecule has 0 aliphatic carbocycles. The minimum absolute atomic E-state index is 0.281. The van der Waals surface area contributed by atoms with Crippen molar-refractivity contribution in [1.82, 2.24) is 20.2 Å². The van der Waals surface area contributed by atoms with Crippen LogP contribution in [-0.2, 0) is 0 Å². The fourth-order valence-corrected chi connectivity index (χ4v) is 4.07. The second-order valence-corrected chi connectivity index (χ2v) is 8.15. The molecule has 1 saturated heterocycles. The molecule has 35 heavy (non-hydrogen) atoms. The number of rotatable bonds is 9. The van der Waals surface area contributed by atoms with E-state index in [1.807, 2.05) is 0 Å². The zero-order valence-corrected chi connectivity index (χ0v) is 20.3. The molecule has 3 aromatic rings. The molecule has 1 fully saturated rings. The lowest BCUT2D eigenvalue weighted by molar-refractivity contribution is 0.224. The molecule has 0 bridgehead atoms. The third-order valence-electron chi connectivity index (χ3n) is 5.90. The Morgan fingerprint density at radius 2 is 1.69 bits per heavy atom. The number of piperidine rings is 1. The van der Waals surface area contributed by atoms with Gasteiger partial charge >= 0.3 is 6.03 Å². The molecule has 2 heterocycles. The van der Waals surface area contributed by atoms with E-state index in [2.05, 4.69) is 25.5 Å². The summed E-state index contributed by atoms with van der Waals surface area (Å²) in [4.78, 5) is 23.3. The van der Waals surface area contributed by atoms with E-state index in [9.17, 15) is 4.79 Å². The SMILES string of the molecule is COc1cc(Oc2ncnc3cc(OC)c(OC)cc23)ccc1NC(=O)NCCN1CCCCC1. The number of carbonyl (C=O) groups is 1. The Labute approximate surface area is 204 Å². The van der Waals surface area contributed by atoms with Crippen molar-refractivity contribution >= 4 is 22.6 Å². The molecule has 1 aliphatic rings. The largest absolute Gasteiger partial charge is 0.494 e. The number of methoxy groups -OCH3 is 3. The van der Waals surface area contributed by atoms with Gasteiger partial charge in [0.2, 0.25) is 5.88 Å². The van der Waals surface area contributed by atoms with E-state index in [0.717, 1.165) is 19.6 Å². The second kappa shape index (κ2) is 11.6. The number of likely N-dealkylation sites (tertiary alicyclic amines) is 1. The van der Waals surface area contributed by atoms with Gasteiger partial charge in [0, 0.05) is 25.2 Å². The molecule has 4 rings (SSSR count). The third kappa shape index (κ3) is 6.02. The number of hydrogen-bond donors (Lipinski definition) is 2. The zero-order chi connectivity index (χ0) is 24.6. The lowest BCUT2D eigenvalue weighted by Crippen LogP contribution is -2.39. The summed E-state index contributed by atoms with van der Waals surface area (Å²) in [6, 6.07) is 8.41. The van der Waals surface area contributed by atoms with Crippen molar-refractivity contribution in [1.29, 1.82) is 0 Å². The lowest BCUT2D eigenvalue weighted by atomic mass is 10.1. The fourth-order valence-electron chi connectivity index (χ4n) is 4.07. The highest BCUT2D eigenvalue weighted by molar-refractivity contribution is 5.91. The molecule has 186 valence electrons. The smallest absolute Gasteiger partial charge is 0.319 e. The standard InChI is InChI=1S/C25H31N5O5/c1-32-21-13-17(7-8-19(21)29-25(31)26-9-12-30-10-5-4-6-11-30)35-24-18-14-22(33-2)23(34-3)15-20(18)27-16-28-24/h7-8,13-16H,4-6,9-12H2,1-3H3,(H2,26,29,31). The maximum absolute atomic E-state index is 12.4. The van der Waals surface area contributed by atoms with E-state index < -0.39 is 0 Å². The molecule has 1 aromatic heterocycles. The first-order chi connectivity index (χ1) is 17.1. The van der Waals surface area contributed by atoms with Gasteiger partial charge in [-0.25, -0.2) is 14.8 Å². The molecule has 0 radical (unpaired) electrons. The topological polar surface area (TPSA) is 107 Å². The van der Waals surface area contributed by atoms with Crippen LogP contribution >= 0.6 is 0 Å². The summed E-state index contributed by atoms with van der Waals surface area (Å²) in [5.74, 6) is 2.42. The highest BCUT2D eigenvalue weighted by atomic mass is 16.5. The average Bonchev–Trinajstić information content (AvgIpc) is 2.89. The number of anilines is 1. The number of amides is 2. The summed E-state index contributed by atoms with van der Waals surface area (Å²) >= 11 is 0. The maximum Gasteiger partial charge on any atom is 0.319 e. The van der Waals surface area contributed by atoms with Gasteiger partial charge in [-0.1, -0.05) is 6.42 Å². The van der Waals surface area contributed by atoms with Crippen molar-refractivity contribution in [2.75, 3.05) is 52.8 Å². The van der Waals surface area contributed by atoms with Crippen LogP contribution in [0.2, 0.25) is 0 Å². The van der Waals surface area contributed by atoms with Gasteiger partial charge in [0.05, 0.1) is 37.9 Å². The number of nitrogens with zero attached hydrogens (tertiary/aromatic N) is 3. The summed E-state index contributed by atoms with van der Waals surface area (Å²) < 4.78 is 22.3. The predicted octanol–water partition coefficient (Wildman–Crippen LogP) is 4.06. The van der Waals surface area contributed by atoms with E-state index in [0.29, 0.717) is 52.0 Å². The third-order valence-corrected chi connectivity index (χ3v) is 5.90. The van der Waals surface area contributed by atoms with Crippen LogP contribution in [0.1, 0.15) is 19.3 Å². The number of ether oxygens (including phenoxy) is 4. The number of urea groups is 1.